The summed E-state index contributed by atoms with van der Waals surface area (Å²) in [6.07, 6.45) is 4.46. The molecule has 3 aromatic rings. The number of nitrogens with zero attached hydrogens (tertiary/aromatic N) is 1. The highest BCUT2D eigenvalue weighted by atomic mass is 32.1. The summed E-state index contributed by atoms with van der Waals surface area (Å²) >= 11 is 1.63. The van der Waals surface area contributed by atoms with Crippen LogP contribution in [0.1, 0.15) is 41.6 Å². The van der Waals surface area contributed by atoms with Crippen LogP contribution in [0.2, 0.25) is 0 Å². The number of aromatic amines is 1. The highest BCUT2D eigenvalue weighted by Gasteiger charge is 2.23. The van der Waals surface area contributed by atoms with E-state index in [0.29, 0.717) is 42.6 Å². The first-order chi connectivity index (χ1) is 15.5. The molecule has 0 saturated carbocycles. The summed E-state index contributed by atoms with van der Waals surface area (Å²) in [5.41, 5.74) is 2.15. The number of ether oxygens (including phenoxy) is 2. The van der Waals surface area contributed by atoms with Gasteiger partial charge in [-0.05, 0) is 54.9 Å². The second-order valence-electron chi connectivity index (χ2n) is 8.33. The number of hydrogen-bond donors (Lipinski definition) is 2. The van der Waals surface area contributed by atoms with Crippen LogP contribution in [0.5, 0.6) is 11.5 Å². The van der Waals surface area contributed by atoms with Crippen LogP contribution >= 0.6 is 11.3 Å². The van der Waals surface area contributed by atoms with E-state index in [0.717, 1.165) is 35.0 Å². The fourth-order valence-corrected chi connectivity index (χ4v) is 5.62. The van der Waals surface area contributed by atoms with Gasteiger partial charge in [0, 0.05) is 24.3 Å². The van der Waals surface area contributed by atoms with Crippen LogP contribution in [0.3, 0.4) is 0 Å². The second-order valence-corrected chi connectivity index (χ2v) is 9.42. The van der Waals surface area contributed by atoms with Crippen molar-refractivity contribution in [3.05, 3.63) is 50.4 Å². The number of rotatable bonds is 8. The van der Waals surface area contributed by atoms with E-state index in [1.165, 1.54) is 10.4 Å². The molecule has 8 heteroatoms. The van der Waals surface area contributed by atoms with E-state index in [1.54, 1.807) is 25.6 Å². The number of aryl methyl sites for hydroxylation is 2. The normalized spacial score (nSPS) is 15.4. The summed E-state index contributed by atoms with van der Waals surface area (Å²) in [7, 11) is 3.20. The van der Waals surface area contributed by atoms with Gasteiger partial charge in [-0.3, -0.25) is 9.59 Å². The minimum atomic E-state index is -0.0779. The Bertz CT molecular complexity index is 1180. The average Bonchev–Trinajstić information content (AvgIpc) is 3.15. The second kappa shape index (κ2) is 9.73. The van der Waals surface area contributed by atoms with Crippen LogP contribution in [0.4, 0.5) is 0 Å². The Kier molecular flexibility index (Phi) is 6.79. The van der Waals surface area contributed by atoms with Gasteiger partial charge in [0.25, 0.3) is 5.56 Å². The third kappa shape index (κ3) is 4.80. The first-order valence-electron chi connectivity index (χ1n) is 11.0. The number of carbonyl (C=O) groups is 1. The zero-order valence-corrected chi connectivity index (χ0v) is 19.6. The van der Waals surface area contributed by atoms with Gasteiger partial charge in [-0.1, -0.05) is 13.0 Å². The average molecular weight is 456 g/mol. The fraction of sp³-hybridized carbons (Fsp3) is 0.458. The van der Waals surface area contributed by atoms with Gasteiger partial charge in [0.1, 0.15) is 10.7 Å². The van der Waals surface area contributed by atoms with E-state index in [2.05, 4.69) is 22.2 Å². The fourth-order valence-electron chi connectivity index (χ4n) is 4.21. The standard InChI is InChI=1S/C24H29N3O4S/c1-14-4-6-16-19(12-14)32-24-22(16)23(29)26-20(27-24)8-9-21(28)25-11-10-15-5-7-17(30-2)18(13-15)31-3/h5,7,13-14H,4,6,8-12H2,1-3H3,(H,25,28)(H,26,27,29)/t14-/m1/s1. The maximum absolute atomic E-state index is 12.7. The summed E-state index contributed by atoms with van der Waals surface area (Å²) in [6.45, 7) is 2.77. The Labute approximate surface area is 191 Å². The van der Waals surface area contributed by atoms with Crippen molar-refractivity contribution in [2.24, 2.45) is 5.92 Å². The summed E-state index contributed by atoms with van der Waals surface area (Å²) in [4.78, 5) is 34.6. The molecule has 1 aromatic carbocycles. The molecule has 0 aliphatic heterocycles. The van der Waals surface area contributed by atoms with Gasteiger partial charge in [0.2, 0.25) is 5.91 Å². The third-order valence-corrected chi connectivity index (χ3v) is 7.14. The Morgan fingerprint density at radius 2 is 2.06 bits per heavy atom. The molecule has 32 heavy (non-hydrogen) atoms. The van der Waals surface area contributed by atoms with E-state index in [4.69, 9.17) is 9.47 Å². The molecule has 0 spiro atoms. The molecule has 1 aliphatic carbocycles. The molecule has 1 atom stereocenters. The van der Waals surface area contributed by atoms with Crippen molar-refractivity contribution in [1.29, 1.82) is 0 Å². The van der Waals surface area contributed by atoms with Gasteiger partial charge in [0.15, 0.2) is 11.5 Å². The van der Waals surface area contributed by atoms with E-state index in [9.17, 15) is 9.59 Å². The summed E-state index contributed by atoms with van der Waals surface area (Å²) < 4.78 is 10.6. The predicted molar refractivity (Wildman–Crippen MR) is 126 cm³/mol. The molecule has 2 N–H and O–H groups in total. The number of thiophene rings is 1. The molecule has 2 aromatic heterocycles. The zero-order chi connectivity index (χ0) is 22.7. The highest BCUT2D eigenvalue weighted by molar-refractivity contribution is 7.18. The summed E-state index contributed by atoms with van der Waals surface area (Å²) in [5.74, 6) is 2.51. The quantitative estimate of drug-likeness (QED) is 0.543. The number of carbonyl (C=O) groups excluding carboxylic acids is 1. The van der Waals surface area contributed by atoms with Crippen LogP contribution in [0.15, 0.2) is 23.0 Å². The van der Waals surface area contributed by atoms with Gasteiger partial charge in [-0.2, -0.15) is 0 Å². The minimum Gasteiger partial charge on any atom is -0.493 e. The van der Waals surface area contributed by atoms with Gasteiger partial charge in [0.05, 0.1) is 19.6 Å². The van der Waals surface area contributed by atoms with Crippen molar-refractivity contribution < 1.29 is 14.3 Å². The van der Waals surface area contributed by atoms with E-state index in [1.807, 2.05) is 18.2 Å². The lowest BCUT2D eigenvalue weighted by Gasteiger charge is -2.17. The van der Waals surface area contributed by atoms with Crippen molar-refractivity contribution in [1.82, 2.24) is 15.3 Å². The summed E-state index contributed by atoms with van der Waals surface area (Å²) in [5, 5.41) is 3.69. The topological polar surface area (TPSA) is 93.3 Å². The first kappa shape index (κ1) is 22.3. The Hall–Kier alpha value is -2.87. The number of benzene rings is 1. The van der Waals surface area contributed by atoms with Gasteiger partial charge < -0.3 is 19.8 Å². The molecular weight excluding hydrogens is 426 g/mol. The number of hydrogen-bond acceptors (Lipinski definition) is 6. The summed E-state index contributed by atoms with van der Waals surface area (Å²) in [6, 6.07) is 5.73. The molecule has 0 unspecified atom stereocenters. The lowest BCUT2D eigenvalue weighted by molar-refractivity contribution is -0.121. The van der Waals surface area contributed by atoms with Crippen LogP contribution < -0.4 is 20.3 Å². The molecule has 0 bridgehead atoms. The van der Waals surface area contributed by atoms with Crippen LogP contribution in [-0.2, 0) is 30.5 Å². The van der Waals surface area contributed by atoms with Crippen molar-refractivity contribution >= 4 is 27.5 Å². The molecule has 0 fully saturated rings. The molecule has 1 aliphatic rings. The van der Waals surface area contributed by atoms with Crippen LogP contribution in [0.25, 0.3) is 10.2 Å². The highest BCUT2D eigenvalue weighted by Crippen LogP contribution is 2.35. The van der Waals surface area contributed by atoms with Crippen molar-refractivity contribution in [3.63, 3.8) is 0 Å². The van der Waals surface area contributed by atoms with Gasteiger partial charge in [-0.25, -0.2) is 4.98 Å². The molecular formula is C24H29N3O4S. The molecule has 4 rings (SSSR count). The van der Waals surface area contributed by atoms with Crippen molar-refractivity contribution in [3.8, 4) is 11.5 Å². The smallest absolute Gasteiger partial charge is 0.259 e. The zero-order valence-electron chi connectivity index (χ0n) is 18.7. The minimum absolute atomic E-state index is 0.0625. The van der Waals surface area contributed by atoms with Crippen molar-refractivity contribution in [2.45, 2.75) is 45.4 Å². The van der Waals surface area contributed by atoms with E-state index in [-0.39, 0.29) is 17.9 Å². The SMILES string of the molecule is COc1ccc(CCNC(=O)CCc2nc3sc4c(c3c(=O)[nH]2)CC[C@@H](C)C4)cc1OC. The predicted octanol–water partition coefficient (Wildman–Crippen LogP) is 3.42. The third-order valence-electron chi connectivity index (χ3n) is 5.99. The monoisotopic (exact) mass is 455 g/mol. The molecule has 0 radical (unpaired) electrons. The Morgan fingerprint density at radius 3 is 2.84 bits per heavy atom. The Balaban J connectivity index is 1.33. The van der Waals surface area contributed by atoms with E-state index >= 15 is 0 Å². The van der Waals surface area contributed by atoms with Gasteiger partial charge >= 0.3 is 0 Å². The first-order valence-corrected chi connectivity index (χ1v) is 11.8. The molecule has 1 amide bonds. The number of methoxy groups -OCH3 is 2. The van der Waals surface area contributed by atoms with Crippen LogP contribution in [-0.4, -0.2) is 36.6 Å². The number of fused-ring (bicyclic) bond motifs is 3. The lowest BCUT2D eigenvalue weighted by atomic mass is 9.89. The largest absolute Gasteiger partial charge is 0.493 e. The molecule has 7 nitrogen and oxygen atoms in total. The molecule has 2 heterocycles. The lowest BCUT2D eigenvalue weighted by Crippen LogP contribution is -2.26. The number of aromatic nitrogens is 2. The van der Waals surface area contributed by atoms with Gasteiger partial charge in [-0.15, -0.1) is 11.3 Å². The number of amides is 1. The number of H-pyrrole nitrogens is 1. The van der Waals surface area contributed by atoms with Crippen molar-refractivity contribution in [2.75, 3.05) is 20.8 Å². The molecule has 0 saturated heterocycles. The maximum atomic E-state index is 12.7. The molecule has 170 valence electrons. The maximum Gasteiger partial charge on any atom is 0.259 e. The Morgan fingerprint density at radius 1 is 1.25 bits per heavy atom. The van der Waals surface area contributed by atoms with E-state index < -0.39 is 0 Å². The van der Waals surface area contributed by atoms with Crippen LogP contribution in [0, 0.1) is 5.92 Å². The number of nitrogens with one attached hydrogen (secondary N) is 2.